The smallest absolute Gasteiger partial charge is 0.0337 e. The van der Waals surface area contributed by atoms with Gasteiger partial charge in [-0.25, -0.2) is 0 Å². The summed E-state index contributed by atoms with van der Waals surface area (Å²) < 4.78 is 0. The van der Waals surface area contributed by atoms with Crippen molar-refractivity contribution >= 4 is 0 Å². The van der Waals surface area contributed by atoms with Crippen molar-refractivity contribution in [3.63, 3.8) is 0 Å². The summed E-state index contributed by atoms with van der Waals surface area (Å²) in [4.78, 5) is 2.72. The van der Waals surface area contributed by atoms with Crippen molar-refractivity contribution in [3.8, 4) is 0 Å². The van der Waals surface area contributed by atoms with Crippen LogP contribution in [0.4, 0.5) is 0 Å². The van der Waals surface area contributed by atoms with E-state index in [9.17, 15) is 0 Å². The Morgan fingerprint density at radius 3 is 2.25 bits per heavy atom. The summed E-state index contributed by atoms with van der Waals surface area (Å²) in [5, 5.41) is 0. The molecule has 0 bridgehead atoms. The average Bonchev–Trinajstić information content (AvgIpc) is 2.70. The summed E-state index contributed by atoms with van der Waals surface area (Å²) in [6.07, 6.45) is 6.70. The van der Waals surface area contributed by atoms with Crippen molar-refractivity contribution in [1.29, 1.82) is 0 Å². The van der Waals surface area contributed by atoms with Crippen molar-refractivity contribution in [2.45, 2.75) is 58.4 Å². The molecule has 1 saturated carbocycles. The van der Waals surface area contributed by atoms with E-state index in [1.165, 1.54) is 45.2 Å². The summed E-state index contributed by atoms with van der Waals surface area (Å²) in [5.74, 6) is 0.891. The Kier molecular flexibility index (Phi) is 3.33. The summed E-state index contributed by atoms with van der Waals surface area (Å²) in [5.41, 5.74) is 7.02. The maximum absolute atomic E-state index is 6.04. The second kappa shape index (κ2) is 4.30. The molecular weight excluding hydrogens is 196 g/mol. The topological polar surface area (TPSA) is 29.3 Å². The second-order valence-electron chi connectivity index (χ2n) is 6.32. The number of likely N-dealkylation sites (tertiary alicyclic amines) is 1. The van der Waals surface area contributed by atoms with E-state index in [0.717, 1.165) is 12.5 Å². The molecule has 0 aromatic carbocycles. The molecular formula is C14H28N2. The van der Waals surface area contributed by atoms with Crippen LogP contribution in [0.3, 0.4) is 0 Å². The van der Waals surface area contributed by atoms with Gasteiger partial charge in [0.2, 0.25) is 0 Å². The first-order chi connectivity index (χ1) is 7.60. The molecule has 0 amide bonds. The molecule has 2 heteroatoms. The number of hydrogen-bond acceptors (Lipinski definition) is 2. The van der Waals surface area contributed by atoms with Crippen LogP contribution >= 0.6 is 0 Å². The monoisotopic (exact) mass is 224 g/mol. The zero-order chi connectivity index (χ0) is 11.8. The average molecular weight is 224 g/mol. The lowest BCUT2D eigenvalue weighted by atomic mass is 9.68. The van der Waals surface area contributed by atoms with E-state index in [2.05, 4.69) is 25.7 Å². The van der Waals surface area contributed by atoms with E-state index in [-0.39, 0.29) is 0 Å². The number of rotatable bonds is 4. The SMILES string of the molecule is CCC1(CC)CCN(C2(CN)CC(C)C2)C1. The van der Waals surface area contributed by atoms with Crippen molar-refractivity contribution < 1.29 is 0 Å². The summed E-state index contributed by atoms with van der Waals surface area (Å²) >= 11 is 0. The molecule has 2 rings (SSSR count). The van der Waals surface area contributed by atoms with Crippen LogP contribution in [0.5, 0.6) is 0 Å². The highest BCUT2D eigenvalue weighted by molar-refractivity contribution is 5.06. The Morgan fingerprint density at radius 2 is 1.88 bits per heavy atom. The van der Waals surface area contributed by atoms with Gasteiger partial charge in [0.25, 0.3) is 0 Å². The van der Waals surface area contributed by atoms with Crippen LogP contribution in [0.25, 0.3) is 0 Å². The zero-order valence-electron chi connectivity index (χ0n) is 11.3. The first kappa shape index (κ1) is 12.4. The fourth-order valence-corrected chi connectivity index (χ4v) is 3.96. The number of hydrogen-bond donors (Lipinski definition) is 1. The van der Waals surface area contributed by atoms with Gasteiger partial charge in [-0.2, -0.15) is 0 Å². The molecule has 1 saturated heterocycles. The molecule has 0 spiro atoms. The van der Waals surface area contributed by atoms with Gasteiger partial charge < -0.3 is 5.73 Å². The third-order valence-electron chi connectivity index (χ3n) is 5.45. The maximum atomic E-state index is 6.04. The quantitative estimate of drug-likeness (QED) is 0.795. The molecule has 0 aromatic rings. The van der Waals surface area contributed by atoms with Crippen LogP contribution in [0.2, 0.25) is 0 Å². The fourth-order valence-electron chi connectivity index (χ4n) is 3.96. The molecule has 2 aliphatic rings. The van der Waals surface area contributed by atoms with Gasteiger partial charge in [0.05, 0.1) is 0 Å². The molecule has 0 atom stereocenters. The van der Waals surface area contributed by atoms with Crippen LogP contribution in [-0.2, 0) is 0 Å². The third kappa shape index (κ3) is 1.80. The highest BCUT2D eigenvalue weighted by Gasteiger charge is 2.50. The molecule has 2 N–H and O–H groups in total. The maximum Gasteiger partial charge on any atom is 0.0337 e. The molecule has 2 fully saturated rings. The second-order valence-corrected chi connectivity index (χ2v) is 6.32. The highest BCUT2D eigenvalue weighted by atomic mass is 15.2. The van der Waals surface area contributed by atoms with Gasteiger partial charge in [-0.05, 0) is 50.0 Å². The van der Waals surface area contributed by atoms with Crippen LogP contribution in [0.15, 0.2) is 0 Å². The van der Waals surface area contributed by atoms with Gasteiger partial charge in [-0.1, -0.05) is 20.8 Å². The number of nitrogens with two attached hydrogens (primary N) is 1. The van der Waals surface area contributed by atoms with Crippen molar-refractivity contribution in [3.05, 3.63) is 0 Å². The van der Waals surface area contributed by atoms with Crippen LogP contribution < -0.4 is 5.73 Å². The standard InChI is InChI=1S/C14H28N2/c1-4-13(5-2)6-7-16(11-13)14(10-15)8-12(3)9-14/h12H,4-11,15H2,1-3H3. The predicted octanol–water partition coefficient (Wildman–Crippen LogP) is 2.63. The fraction of sp³-hybridized carbons (Fsp3) is 1.00. The van der Waals surface area contributed by atoms with Gasteiger partial charge >= 0.3 is 0 Å². The molecule has 16 heavy (non-hydrogen) atoms. The lowest BCUT2D eigenvalue weighted by molar-refractivity contribution is -0.00458. The summed E-state index contributed by atoms with van der Waals surface area (Å²) in [7, 11) is 0. The lowest BCUT2D eigenvalue weighted by Gasteiger charge is -2.52. The normalized spacial score (nSPS) is 38.6. The van der Waals surface area contributed by atoms with E-state index in [4.69, 9.17) is 5.73 Å². The van der Waals surface area contributed by atoms with E-state index >= 15 is 0 Å². The van der Waals surface area contributed by atoms with Gasteiger partial charge in [-0.3, -0.25) is 4.90 Å². The first-order valence-electron chi connectivity index (χ1n) is 7.05. The van der Waals surface area contributed by atoms with E-state index in [0.29, 0.717) is 11.0 Å². The number of nitrogens with zero attached hydrogens (tertiary/aromatic N) is 1. The van der Waals surface area contributed by atoms with Gasteiger partial charge in [0.1, 0.15) is 0 Å². The Balaban J connectivity index is 2.02. The molecule has 2 nitrogen and oxygen atoms in total. The predicted molar refractivity (Wildman–Crippen MR) is 69.4 cm³/mol. The molecule has 1 aliphatic heterocycles. The Bertz CT molecular complexity index is 239. The van der Waals surface area contributed by atoms with E-state index in [1.54, 1.807) is 0 Å². The van der Waals surface area contributed by atoms with E-state index < -0.39 is 0 Å². The zero-order valence-corrected chi connectivity index (χ0v) is 11.3. The summed E-state index contributed by atoms with van der Waals surface area (Å²) in [6, 6.07) is 0. The highest BCUT2D eigenvalue weighted by Crippen LogP contribution is 2.47. The van der Waals surface area contributed by atoms with Crippen LogP contribution in [-0.4, -0.2) is 30.1 Å². The van der Waals surface area contributed by atoms with Crippen molar-refractivity contribution in [2.24, 2.45) is 17.1 Å². The minimum atomic E-state index is 0.380. The summed E-state index contributed by atoms with van der Waals surface area (Å²) in [6.45, 7) is 10.5. The molecule has 0 aromatic heterocycles. The van der Waals surface area contributed by atoms with Crippen molar-refractivity contribution in [1.82, 2.24) is 4.90 Å². The van der Waals surface area contributed by atoms with Gasteiger partial charge in [-0.15, -0.1) is 0 Å². The molecule has 1 heterocycles. The molecule has 0 radical (unpaired) electrons. The molecule has 94 valence electrons. The van der Waals surface area contributed by atoms with Crippen molar-refractivity contribution in [2.75, 3.05) is 19.6 Å². The lowest BCUT2D eigenvalue weighted by Crippen LogP contribution is -2.60. The van der Waals surface area contributed by atoms with E-state index in [1.807, 2.05) is 0 Å². The molecule has 1 aliphatic carbocycles. The minimum absolute atomic E-state index is 0.380. The largest absolute Gasteiger partial charge is 0.329 e. The first-order valence-corrected chi connectivity index (χ1v) is 7.05. The Morgan fingerprint density at radius 1 is 1.25 bits per heavy atom. The Labute approximate surface area is 101 Å². The minimum Gasteiger partial charge on any atom is -0.329 e. The van der Waals surface area contributed by atoms with Gasteiger partial charge in [0, 0.05) is 18.6 Å². The Hall–Kier alpha value is -0.0800. The third-order valence-corrected chi connectivity index (χ3v) is 5.45. The molecule has 0 unspecified atom stereocenters. The van der Waals surface area contributed by atoms with Crippen LogP contribution in [0.1, 0.15) is 52.9 Å². The van der Waals surface area contributed by atoms with Crippen LogP contribution in [0, 0.1) is 11.3 Å². The van der Waals surface area contributed by atoms with Gasteiger partial charge in [0.15, 0.2) is 0 Å².